The summed E-state index contributed by atoms with van der Waals surface area (Å²) < 4.78 is 0. The van der Waals surface area contributed by atoms with Gasteiger partial charge < -0.3 is 0 Å². The Morgan fingerprint density at radius 3 is 2.40 bits per heavy atom. The number of nitriles is 1. The van der Waals surface area contributed by atoms with E-state index in [-0.39, 0.29) is 0 Å². The van der Waals surface area contributed by atoms with Crippen molar-refractivity contribution in [2.45, 2.75) is 26.7 Å². The van der Waals surface area contributed by atoms with Gasteiger partial charge in [-0.25, -0.2) is 0 Å². The Bertz CT molecular complexity index is 323. The van der Waals surface area contributed by atoms with E-state index in [0.717, 1.165) is 18.6 Å². The molecule has 0 aliphatic rings. The fraction of sp³-hybridized carbons (Fsp3) is 0.462. The van der Waals surface area contributed by atoms with Gasteiger partial charge in [0.25, 0.3) is 0 Å². The van der Waals surface area contributed by atoms with Gasteiger partial charge in [0.15, 0.2) is 0 Å². The van der Waals surface area contributed by atoms with Crippen LogP contribution in [0.15, 0.2) is 24.3 Å². The molecule has 2 heteroatoms. The van der Waals surface area contributed by atoms with Gasteiger partial charge in [0.2, 0.25) is 0 Å². The minimum Gasteiger partial charge on any atom is -0.185 e. The van der Waals surface area contributed by atoms with Crippen LogP contribution in [0.3, 0.4) is 0 Å². The maximum absolute atomic E-state index is 8.46. The van der Waals surface area contributed by atoms with Crippen molar-refractivity contribution in [3.8, 4) is 5.40 Å². The molecular weight excluding hydrogens is 202 g/mol. The summed E-state index contributed by atoms with van der Waals surface area (Å²) in [6.07, 6.45) is 2.17. The number of thioether (sulfide) groups is 1. The van der Waals surface area contributed by atoms with Gasteiger partial charge in [0, 0.05) is 5.75 Å². The smallest absolute Gasteiger partial charge is 0.133 e. The van der Waals surface area contributed by atoms with Crippen LogP contribution in [0.5, 0.6) is 0 Å². The molecule has 0 saturated heterocycles. The van der Waals surface area contributed by atoms with Gasteiger partial charge in [-0.3, -0.25) is 0 Å². The second-order valence-electron chi connectivity index (χ2n) is 3.88. The van der Waals surface area contributed by atoms with Gasteiger partial charge in [-0.2, -0.15) is 5.26 Å². The summed E-state index contributed by atoms with van der Waals surface area (Å²) in [5, 5.41) is 10.6. The molecule has 1 atom stereocenters. The summed E-state index contributed by atoms with van der Waals surface area (Å²) in [7, 11) is 0. The van der Waals surface area contributed by atoms with Gasteiger partial charge in [0.1, 0.15) is 5.40 Å². The van der Waals surface area contributed by atoms with Gasteiger partial charge in [-0.15, -0.1) is 0 Å². The van der Waals surface area contributed by atoms with E-state index in [9.17, 15) is 0 Å². The van der Waals surface area contributed by atoms with Crippen LogP contribution in [0.2, 0.25) is 0 Å². The number of nitrogens with zero attached hydrogens (tertiary/aromatic N) is 1. The molecule has 0 fully saturated rings. The lowest BCUT2D eigenvalue weighted by molar-refractivity contribution is 0.659. The number of benzene rings is 1. The van der Waals surface area contributed by atoms with Gasteiger partial charge in [0.05, 0.1) is 0 Å². The highest BCUT2D eigenvalue weighted by atomic mass is 32.2. The number of rotatable bonds is 5. The van der Waals surface area contributed by atoms with E-state index in [1.54, 1.807) is 0 Å². The van der Waals surface area contributed by atoms with Crippen LogP contribution in [-0.2, 0) is 12.8 Å². The first-order valence-electron chi connectivity index (χ1n) is 5.35. The van der Waals surface area contributed by atoms with Crippen molar-refractivity contribution in [1.29, 1.82) is 5.26 Å². The van der Waals surface area contributed by atoms with E-state index in [4.69, 9.17) is 5.26 Å². The quantitative estimate of drug-likeness (QED) is 0.706. The zero-order chi connectivity index (χ0) is 11.1. The van der Waals surface area contributed by atoms with Crippen LogP contribution in [0.25, 0.3) is 0 Å². The van der Waals surface area contributed by atoms with E-state index in [0.29, 0.717) is 5.92 Å². The molecule has 0 aromatic heterocycles. The maximum atomic E-state index is 8.46. The van der Waals surface area contributed by atoms with Crippen molar-refractivity contribution in [3.63, 3.8) is 0 Å². The average molecular weight is 219 g/mol. The SMILES string of the molecule is CCc1ccc(CC(C)CSC#N)cc1. The predicted octanol–water partition coefficient (Wildman–Crippen LogP) is 3.64. The molecule has 1 nitrogen and oxygen atoms in total. The van der Waals surface area contributed by atoms with Crippen molar-refractivity contribution in [1.82, 2.24) is 0 Å². The molecule has 0 aliphatic carbocycles. The van der Waals surface area contributed by atoms with Crippen LogP contribution >= 0.6 is 11.8 Å². The van der Waals surface area contributed by atoms with Crippen LogP contribution < -0.4 is 0 Å². The monoisotopic (exact) mass is 219 g/mol. The van der Waals surface area contributed by atoms with Crippen LogP contribution in [0.4, 0.5) is 0 Å². The third kappa shape index (κ3) is 4.40. The second-order valence-corrected chi connectivity index (χ2v) is 4.69. The van der Waals surface area contributed by atoms with Crippen LogP contribution in [-0.4, -0.2) is 5.75 Å². The van der Waals surface area contributed by atoms with Gasteiger partial charge in [-0.05, 0) is 41.6 Å². The Labute approximate surface area is 96.5 Å². The summed E-state index contributed by atoms with van der Waals surface area (Å²) in [5.41, 5.74) is 2.76. The highest BCUT2D eigenvalue weighted by molar-refractivity contribution is 8.03. The van der Waals surface area contributed by atoms with E-state index in [2.05, 4.69) is 43.5 Å². The summed E-state index contributed by atoms with van der Waals surface area (Å²) in [6, 6.07) is 8.79. The molecule has 0 aliphatic heterocycles. The molecule has 0 N–H and O–H groups in total. The lowest BCUT2D eigenvalue weighted by atomic mass is 10.0. The zero-order valence-corrected chi connectivity index (χ0v) is 10.2. The Kier molecular flexibility index (Phi) is 5.28. The number of thiocyanates is 1. The molecule has 1 unspecified atom stereocenters. The predicted molar refractivity (Wildman–Crippen MR) is 66.8 cm³/mol. The van der Waals surface area contributed by atoms with E-state index in [1.165, 1.54) is 22.9 Å². The molecule has 1 rings (SSSR count). The molecule has 1 aromatic rings. The lowest BCUT2D eigenvalue weighted by Crippen LogP contribution is -2.02. The zero-order valence-electron chi connectivity index (χ0n) is 9.36. The molecule has 0 saturated carbocycles. The Morgan fingerprint density at radius 1 is 1.27 bits per heavy atom. The third-order valence-electron chi connectivity index (χ3n) is 2.45. The van der Waals surface area contributed by atoms with Crippen molar-refractivity contribution in [2.75, 3.05) is 5.75 Å². The Balaban J connectivity index is 2.46. The van der Waals surface area contributed by atoms with Crippen LogP contribution in [0.1, 0.15) is 25.0 Å². The number of hydrogen-bond donors (Lipinski definition) is 0. The summed E-state index contributed by atoms with van der Waals surface area (Å²) in [4.78, 5) is 0. The van der Waals surface area contributed by atoms with Crippen molar-refractivity contribution in [3.05, 3.63) is 35.4 Å². The molecule has 0 bridgehead atoms. The summed E-state index contributed by atoms with van der Waals surface area (Å²) in [5.74, 6) is 1.49. The molecule has 0 amide bonds. The lowest BCUT2D eigenvalue weighted by Gasteiger charge is -2.09. The number of hydrogen-bond acceptors (Lipinski definition) is 2. The third-order valence-corrected chi connectivity index (χ3v) is 3.31. The first-order valence-corrected chi connectivity index (χ1v) is 6.33. The first-order chi connectivity index (χ1) is 7.26. The second kappa shape index (κ2) is 6.53. The molecular formula is C13H17NS. The fourth-order valence-corrected chi connectivity index (χ4v) is 2.03. The van der Waals surface area contributed by atoms with Crippen molar-refractivity contribution >= 4 is 11.8 Å². The molecule has 0 heterocycles. The van der Waals surface area contributed by atoms with Crippen LogP contribution in [0, 0.1) is 16.6 Å². The fourth-order valence-electron chi connectivity index (χ4n) is 1.55. The van der Waals surface area contributed by atoms with Gasteiger partial charge in [-0.1, -0.05) is 38.1 Å². The normalized spacial score (nSPS) is 12.1. The standard InChI is InChI=1S/C13H17NS/c1-3-12-4-6-13(7-5-12)8-11(2)9-15-10-14/h4-7,11H,3,8-9H2,1-2H3. The first kappa shape index (κ1) is 12.1. The van der Waals surface area contributed by atoms with E-state index < -0.39 is 0 Å². The Hall–Kier alpha value is -0.940. The molecule has 80 valence electrons. The molecule has 0 radical (unpaired) electrons. The average Bonchev–Trinajstić information content (AvgIpc) is 2.27. The molecule has 15 heavy (non-hydrogen) atoms. The molecule has 0 spiro atoms. The maximum Gasteiger partial charge on any atom is 0.133 e. The highest BCUT2D eigenvalue weighted by Crippen LogP contribution is 2.14. The Morgan fingerprint density at radius 2 is 1.87 bits per heavy atom. The highest BCUT2D eigenvalue weighted by Gasteiger charge is 2.03. The van der Waals surface area contributed by atoms with E-state index in [1.807, 2.05) is 0 Å². The number of aryl methyl sites for hydroxylation is 1. The van der Waals surface area contributed by atoms with E-state index >= 15 is 0 Å². The topological polar surface area (TPSA) is 23.8 Å². The van der Waals surface area contributed by atoms with Crippen molar-refractivity contribution in [2.24, 2.45) is 5.92 Å². The van der Waals surface area contributed by atoms with Crippen molar-refractivity contribution < 1.29 is 0 Å². The largest absolute Gasteiger partial charge is 0.185 e. The minimum atomic E-state index is 0.571. The summed E-state index contributed by atoms with van der Waals surface area (Å²) >= 11 is 1.35. The minimum absolute atomic E-state index is 0.571. The van der Waals surface area contributed by atoms with Gasteiger partial charge >= 0.3 is 0 Å². The molecule has 1 aromatic carbocycles. The summed E-state index contributed by atoms with van der Waals surface area (Å²) in [6.45, 7) is 4.36.